The smallest absolute Gasteiger partial charge is 0 e. The maximum absolute atomic E-state index is 2.31. The Morgan fingerprint density at radius 1 is 1.06 bits per heavy atom. The predicted octanol–water partition coefficient (Wildman–Crippen LogP) is 4.47. The van der Waals surface area contributed by atoms with Gasteiger partial charge in [-0.15, -0.1) is 34.0 Å². The summed E-state index contributed by atoms with van der Waals surface area (Å²) in [6.45, 7) is 11.2. The molecule has 1 heteroatoms. The molecule has 0 radical (unpaired) electrons. The summed E-state index contributed by atoms with van der Waals surface area (Å²) in [6, 6.07) is 9.11. The zero-order chi connectivity index (χ0) is 11.2. The number of benzene rings is 1. The monoisotopic (exact) mass is 289 g/mol. The molecule has 0 aromatic heterocycles. The van der Waals surface area contributed by atoms with E-state index in [1.54, 1.807) is 0 Å². The molecule has 0 unspecified atom stereocenters. The molecule has 0 saturated carbocycles. The molecule has 0 N–H and O–H groups in total. The van der Waals surface area contributed by atoms with Crippen molar-refractivity contribution in [2.24, 2.45) is 0 Å². The van der Waals surface area contributed by atoms with Crippen LogP contribution in [0, 0.1) is 13.8 Å². The van der Waals surface area contributed by atoms with E-state index in [9.17, 15) is 0 Å². The molecule has 0 amide bonds. The van der Waals surface area contributed by atoms with Crippen molar-refractivity contribution in [3.63, 3.8) is 0 Å². The molecule has 0 aliphatic rings. The SMILES string of the molecule is Cc1cc2c(C(C)(C)C)ccc(C)c2[cH-]1.[Zr]. The van der Waals surface area contributed by atoms with Crippen molar-refractivity contribution in [1.82, 2.24) is 0 Å². The second-order valence-corrected chi connectivity index (χ2v) is 5.54. The van der Waals surface area contributed by atoms with Crippen molar-refractivity contribution in [3.8, 4) is 0 Å². The molecule has 0 fully saturated rings. The minimum absolute atomic E-state index is 0. The molecule has 0 heterocycles. The van der Waals surface area contributed by atoms with Gasteiger partial charge in [-0.3, -0.25) is 0 Å². The summed E-state index contributed by atoms with van der Waals surface area (Å²) >= 11 is 0. The Labute approximate surface area is 118 Å². The van der Waals surface area contributed by atoms with Gasteiger partial charge in [-0.05, 0) is 5.41 Å². The van der Waals surface area contributed by atoms with Gasteiger partial charge in [0.25, 0.3) is 0 Å². The van der Waals surface area contributed by atoms with Gasteiger partial charge in [0.15, 0.2) is 0 Å². The van der Waals surface area contributed by atoms with Crippen LogP contribution < -0.4 is 0 Å². The van der Waals surface area contributed by atoms with Gasteiger partial charge < -0.3 is 0 Å². The average Bonchev–Trinajstić information content (AvgIpc) is 2.45. The van der Waals surface area contributed by atoms with E-state index in [1.807, 2.05) is 0 Å². The van der Waals surface area contributed by atoms with Crippen molar-refractivity contribution in [3.05, 3.63) is 41.0 Å². The number of fused-ring (bicyclic) bond motifs is 1. The Hall–Kier alpha value is -0.287. The summed E-state index contributed by atoms with van der Waals surface area (Å²) in [7, 11) is 0. The fraction of sp³-hybridized carbons (Fsp3) is 0.400. The van der Waals surface area contributed by atoms with Crippen LogP contribution in [0.5, 0.6) is 0 Å². The van der Waals surface area contributed by atoms with E-state index in [1.165, 1.54) is 27.5 Å². The Morgan fingerprint density at radius 3 is 2.25 bits per heavy atom. The van der Waals surface area contributed by atoms with Crippen molar-refractivity contribution in [2.75, 3.05) is 0 Å². The van der Waals surface area contributed by atoms with Crippen LogP contribution in [0.15, 0.2) is 24.3 Å². The van der Waals surface area contributed by atoms with Gasteiger partial charge in [0.05, 0.1) is 0 Å². The third-order valence-electron chi connectivity index (χ3n) is 3.06. The predicted molar refractivity (Wildman–Crippen MR) is 67.7 cm³/mol. The van der Waals surface area contributed by atoms with E-state index in [2.05, 4.69) is 58.9 Å². The largest absolute Gasteiger partial charge is 0.165 e. The number of rotatable bonds is 0. The quantitative estimate of drug-likeness (QED) is 0.628. The molecule has 16 heavy (non-hydrogen) atoms. The van der Waals surface area contributed by atoms with Crippen LogP contribution in [0.4, 0.5) is 0 Å². The molecular formula is C15H19Zr-. The van der Waals surface area contributed by atoms with Crippen molar-refractivity contribution in [1.29, 1.82) is 0 Å². The van der Waals surface area contributed by atoms with Gasteiger partial charge in [0, 0.05) is 26.2 Å². The van der Waals surface area contributed by atoms with E-state index >= 15 is 0 Å². The normalized spacial score (nSPS) is 11.6. The molecule has 2 rings (SSSR count). The Kier molecular flexibility index (Phi) is 3.90. The maximum atomic E-state index is 2.31. The van der Waals surface area contributed by atoms with Gasteiger partial charge in [0.1, 0.15) is 0 Å². The third kappa shape index (κ3) is 2.35. The van der Waals surface area contributed by atoms with Gasteiger partial charge in [-0.25, -0.2) is 0 Å². The first-order valence-electron chi connectivity index (χ1n) is 5.57. The van der Waals surface area contributed by atoms with E-state index < -0.39 is 0 Å². The summed E-state index contributed by atoms with van der Waals surface area (Å²) < 4.78 is 0. The van der Waals surface area contributed by atoms with Crippen LogP contribution in [-0.4, -0.2) is 0 Å². The third-order valence-corrected chi connectivity index (χ3v) is 3.06. The summed E-state index contributed by atoms with van der Waals surface area (Å²) in [5, 5.41) is 2.85. The first kappa shape index (κ1) is 13.8. The fourth-order valence-electron chi connectivity index (χ4n) is 2.24. The van der Waals surface area contributed by atoms with E-state index in [0.29, 0.717) is 0 Å². The Morgan fingerprint density at radius 2 is 1.69 bits per heavy atom. The van der Waals surface area contributed by atoms with E-state index in [4.69, 9.17) is 0 Å². The van der Waals surface area contributed by atoms with Gasteiger partial charge in [0.2, 0.25) is 0 Å². The van der Waals surface area contributed by atoms with Gasteiger partial charge in [-0.2, -0.15) is 6.07 Å². The minimum atomic E-state index is 0. The first-order valence-corrected chi connectivity index (χ1v) is 5.57. The summed E-state index contributed by atoms with van der Waals surface area (Å²) in [5.74, 6) is 0. The van der Waals surface area contributed by atoms with Crippen LogP contribution in [0.3, 0.4) is 0 Å². The second kappa shape index (κ2) is 4.53. The summed E-state index contributed by atoms with van der Waals surface area (Å²) in [6.07, 6.45) is 0. The minimum Gasteiger partial charge on any atom is -0.165 e. The molecule has 0 atom stereocenters. The van der Waals surface area contributed by atoms with Crippen LogP contribution in [0.2, 0.25) is 0 Å². The Balaban J connectivity index is 0.00000128. The van der Waals surface area contributed by atoms with Crippen molar-refractivity contribution >= 4 is 10.8 Å². The molecule has 2 aromatic carbocycles. The summed E-state index contributed by atoms with van der Waals surface area (Å²) in [5.41, 5.74) is 4.43. The number of hydrogen-bond donors (Lipinski definition) is 0. The van der Waals surface area contributed by atoms with E-state index in [0.717, 1.165) is 0 Å². The zero-order valence-electron chi connectivity index (χ0n) is 10.8. The molecule has 0 aliphatic carbocycles. The van der Waals surface area contributed by atoms with Crippen LogP contribution in [-0.2, 0) is 31.6 Å². The molecule has 2 aromatic rings. The standard InChI is InChI=1S/C15H19.Zr/c1-10-8-12-11(2)6-7-14(13(12)9-10)15(3,4)5;/h6-9H,1-5H3;/q-1;. The van der Waals surface area contributed by atoms with Crippen LogP contribution in [0.1, 0.15) is 37.5 Å². The molecule has 0 spiro atoms. The average molecular weight is 291 g/mol. The molecular weight excluding hydrogens is 271 g/mol. The summed E-state index contributed by atoms with van der Waals surface area (Å²) in [4.78, 5) is 0. The molecule has 0 nitrogen and oxygen atoms in total. The maximum Gasteiger partial charge on any atom is 0 e. The number of hydrogen-bond acceptors (Lipinski definition) is 0. The van der Waals surface area contributed by atoms with Crippen LogP contribution in [0.25, 0.3) is 10.8 Å². The molecule has 84 valence electrons. The van der Waals surface area contributed by atoms with Crippen molar-refractivity contribution in [2.45, 2.75) is 40.0 Å². The topological polar surface area (TPSA) is 0 Å². The number of aryl methyl sites for hydroxylation is 2. The van der Waals surface area contributed by atoms with Crippen molar-refractivity contribution < 1.29 is 26.2 Å². The van der Waals surface area contributed by atoms with Gasteiger partial charge >= 0.3 is 0 Å². The zero-order valence-corrected chi connectivity index (χ0v) is 13.3. The molecule has 0 aliphatic heterocycles. The fourth-order valence-corrected chi connectivity index (χ4v) is 2.24. The van der Waals surface area contributed by atoms with Gasteiger partial charge in [-0.1, -0.05) is 46.2 Å². The van der Waals surface area contributed by atoms with E-state index in [-0.39, 0.29) is 31.6 Å². The second-order valence-electron chi connectivity index (χ2n) is 5.54. The molecule has 0 saturated heterocycles. The Bertz CT molecular complexity index is 498. The van der Waals surface area contributed by atoms with Crippen LogP contribution >= 0.6 is 0 Å². The molecule has 0 bridgehead atoms. The first-order chi connectivity index (χ1) is 6.89.